The fourth-order valence-corrected chi connectivity index (χ4v) is 2.12. The van der Waals surface area contributed by atoms with Gasteiger partial charge in [0.1, 0.15) is 0 Å². The molecule has 0 aromatic rings. The zero-order valence-electron chi connectivity index (χ0n) is 8.55. The molecule has 14 heavy (non-hydrogen) atoms. The summed E-state index contributed by atoms with van der Waals surface area (Å²) in [5.74, 6) is 1.16. The van der Waals surface area contributed by atoms with Crippen LogP contribution in [0.2, 0.25) is 0 Å². The third-order valence-corrected chi connectivity index (χ3v) is 2.92. The van der Waals surface area contributed by atoms with Gasteiger partial charge in [0.05, 0.1) is 0 Å². The molecule has 6 heteroatoms. The van der Waals surface area contributed by atoms with Gasteiger partial charge in [-0.2, -0.15) is 0 Å². The molecule has 0 rings (SSSR count). The Hall–Kier alpha value is -0.190. The van der Waals surface area contributed by atoms with E-state index in [2.05, 4.69) is 0 Å². The van der Waals surface area contributed by atoms with Crippen LogP contribution in [0.5, 0.6) is 0 Å². The molecule has 0 aliphatic carbocycles. The van der Waals surface area contributed by atoms with Gasteiger partial charge in [-0.05, 0) is 13.8 Å². The van der Waals surface area contributed by atoms with Gasteiger partial charge in [0.25, 0.3) is 7.37 Å². The van der Waals surface area contributed by atoms with E-state index in [9.17, 15) is 9.46 Å². The number of hydrogen-bond donors (Lipinski definition) is 2. The van der Waals surface area contributed by atoms with Gasteiger partial charge in [0.15, 0.2) is 0 Å². The van der Waals surface area contributed by atoms with Crippen LogP contribution in [-0.2, 0) is 14.0 Å². The summed E-state index contributed by atoms with van der Waals surface area (Å²) in [6.07, 6.45) is 1.42. The molecule has 84 valence electrons. The van der Waals surface area contributed by atoms with Gasteiger partial charge in [0, 0.05) is 25.6 Å². The third-order valence-electron chi connectivity index (χ3n) is 1.38. The fraction of sp³-hybridized carbons (Fsp3) is 0.750. The first-order chi connectivity index (χ1) is 6.58. The zero-order valence-corrected chi connectivity index (χ0v) is 9.44. The number of ether oxygens (including phenoxy) is 2. The van der Waals surface area contributed by atoms with Crippen molar-refractivity contribution in [1.29, 1.82) is 0 Å². The summed E-state index contributed by atoms with van der Waals surface area (Å²) in [4.78, 5) is 9.53. The Morgan fingerprint density at radius 3 is 2.29 bits per heavy atom. The second-order valence-corrected chi connectivity index (χ2v) is 4.58. The molecule has 0 aliphatic rings. The van der Waals surface area contributed by atoms with Crippen molar-refractivity contribution >= 4 is 7.37 Å². The Bertz CT molecular complexity index is 213. The Labute approximate surface area is 84.3 Å². The SMILES string of the molecule is CCOC(OCC)P(=O)(O)/C=C\CN. The van der Waals surface area contributed by atoms with Crippen LogP contribution >= 0.6 is 7.37 Å². The van der Waals surface area contributed by atoms with Crippen molar-refractivity contribution in [2.24, 2.45) is 5.73 Å². The van der Waals surface area contributed by atoms with Gasteiger partial charge in [-0.1, -0.05) is 6.08 Å². The summed E-state index contributed by atoms with van der Waals surface area (Å²) in [6.45, 7) is 4.34. The Morgan fingerprint density at radius 2 is 1.93 bits per heavy atom. The smallest absolute Gasteiger partial charge is 0.276 e. The van der Waals surface area contributed by atoms with Crippen molar-refractivity contribution in [1.82, 2.24) is 0 Å². The highest BCUT2D eigenvalue weighted by molar-refractivity contribution is 7.61. The first kappa shape index (κ1) is 13.8. The van der Waals surface area contributed by atoms with Crippen molar-refractivity contribution in [2.75, 3.05) is 19.8 Å². The number of nitrogens with two attached hydrogens (primary N) is 1. The first-order valence-electron chi connectivity index (χ1n) is 4.51. The molecule has 1 unspecified atom stereocenters. The van der Waals surface area contributed by atoms with Gasteiger partial charge < -0.3 is 20.1 Å². The molecular formula is C8H18NO4P. The van der Waals surface area contributed by atoms with Crippen LogP contribution in [0.3, 0.4) is 0 Å². The highest BCUT2D eigenvalue weighted by atomic mass is 31.2. The Morgan fingerprint density at radius 1 is 1.43 bits per heavy atom. The maximum atomic E-state index is 11.6. The van der Waals surface area contributed by atoms with E-state index >= 15 is 0 Å². The van der Waals surface area contributed by atoms with Crippen molar-refractivity contribution in [3.05, 3.63) is 11.9 Å². The highest BCUT2D eigenvalue weighted by Crippen LogP contribution is 2.48. The fourth-order valence-electron chi connectivity index (χ4n) is 0.829. The van der Waals surface area contributed by atoms with Crippen LogP contribution in [0.15, 0.2) is 11.9 Å². The minimum Gasteiger partial charge on any atom is -0.344 e. The van der Waals surface area contributed by atoms with Gasteiger partial charge in [-0.15, -0.1) is 0 Å². The average Bonchev–Trinajstić information content (AvgIpc) is 2.14. The summed E-state index contributed by atoms with van der Waals surface area (Å²) in [6, 6.07) is -1.08. The van der Waals surface area contributed by atoms with Gasteiger partial charge in [0.2, 0.25) is 6.03 Å². The van der Waals surface area contributed by atoms with Crippen LogP contribution in [0.4, 0.5) is 0 Å². The normalized spacial score (nSPS) is 16.4. The molecule has 3 N–H and O–H groups in total. The van der Waals surface area contributed by atoms with E-state index in [0.29, 0.717) is 13.2 Å². The topological polar surface area (TPSA) is 81.8 Å². The second-order valence-electron chi connectivity index (χ2n) is 2.51. The lowest BCUT2D eigenvalue weighted by molar-refractivity contribution is -0.0860. The van der Waals surface area contributed by atoms with Gasteiger partial charge in [-0.25, -0.2) is 0 Å². The quantitative estimate of drug-likeness (QED) is 0.498. The van der Waals surface area contributed by atoms with E-state index in [1.807, 2.05) is 0 Å². The molecule has 0 fully saturated rings. The predicted octanol–water partition coefficient (Wildman–Crippen LogP) is 1.09. The molecule has 0 aromatic carbocycles. The van der Waals surface area contributed by atoms with Crippen LogP contribution in [0.25, 0.3) is 0 Å². The molecule has 1 atom stereocenters. The summed E-state index contributed by atoms with van der Waals surface area (Å²) < 4.78 is 21.6. The summed E-state index contributed by atoms with van der Waals surface area (Å²) >= 11 is 0. The van der Waals surface area contributed by atoms with Gasteiger partial charge in [-0.3, -0.25) is 4.57 Å². The lowest BCUT2D eigenvalue weighted by atomic mass is 10.7. The highest BCUT2D eigenvalue weighted by Gasteiger charge is 2.29. The molecule has 5 nitrogen and oxygen atoms in total. The molecule has 0 spiro atoms. The van der Waals surface area contributed by atoms with E-state index in [1.165, 1.54) is 6.08 Å². The lowest BCUT2D eigenvalue weighted by Crippen LogP contribution is -2.16. The average molecular weight is 223 g/mol. The molecule has 0 saturated carbocycles. The third kappa shape index (κ3) is 4.88. The van der Waals surface area contributed by atoms with E-state index in [4.69, 9.17) is 15.2 Å². The lowest BCUT2D eigenvalue weighted by Gasteiger charge is -2.19. The zero-order chi connectivity index (χ0) is 11.0. The molecule has 0 amide bonds. The largest absolute Gasteiger partial charge is 0.344 e. The minimum absolute atomic E-state index is 0.218. The molecular weight excluding hydrogens is 205 g/mol. The molecule has 0 aromatic heterocycles. The molecule has 0 bridgehead atoms. The first-order valence-corrected chi connectivity index (χ1v) is 6.31. The molecule has 0 radical (unpaired) electrons. The standard InChI is InChI=1S/C8H18NO4P/c1-3-12-8(13-4-2)14(10,11)7-5-6-9/h5,7-8H,3-4,6,9H2,1-2H3,(H,10,11)/b7-5-. The van der Waals surface area contributed by atoms with E-state index < -0.39 is 13.4 Å². The molecule has 0 saturated heterocycles. The van der Waals surface area contributed by atoms with Gasteiger partial charge >= 0.3 is 0 Å². The minimum atomic E-state index is -3.56. The van der Waals surface area contributed by atoms with Crippen molar-refractivity contribution in [2.45, 2.75) is 19.9 Å². The van der Waals surface area contributed by atoms with Crippen LogP contribution < -0.4 is 5.73 Å². The van der Waals surface area contributed by atoms with Crippen molar-refractivity contribution in [3.63, 3.8) is 0 Å². The van der Waals surface area contributed by atoms with E-state index in [0.717, 1.165) is 5.82 Å². The maximum absolute atomic E-state index is 11.6. The monoisotopic (exact) mass is 223 g/mol. The van der Waals surface area contributed by atoms with Crippen LogP contribution in [0.1, 0.15) is 13.8 Å². The van der Waals surface area contributed by atoms with Crippen LogP contribution in [0, 0.1) is 0 Å². The Kier molecular flexibility index (Phi) is 7.05. The van der Waals surface area contributed by atoms with Crippen molar-refractivity contribution < 1.29 is 18.9 Å². The molecule has 0 aliphatic heterocycles. The summed E-state index contributed by atoms with van der Waals surface area (Å²) in [7, 11) is -3.56. The second kappa shape index (κ2) is 7.15. The van der Waals surface area contributed by atoms with E-state index in [-0.39, 0.29) is 6.54 Å². The van der Waals surface area contributed by atoms with Crippen LogP contribution in [-0.4, -0.2) is 30.7 Å². The summed E-state index contributed by atoms with van der Waals surface area (Å²) in [5, 5.41) is 0. The predicted molar refractivity (Wildman–Crippen MR) is 55.1 cm³/mol. The maximum Gasteiger partial charge on any atom is 0.276 e. The number of rotatable bonds is 7. The van der Waals surface area contributed by atoms with Crippen molar-refractivity contribution in [3.8, 4) is 0 Å². The Balaban J connectivity index is 4.44. The molecule has 0 heterocycles. The summed E-state index contributed by atoms with van der Waals surface area (Å²) in [5.41, 5.74) is 5.18. The van der Waals surface area contributed by atoms with E-state index in [1.54, 1.807) is 13.8 Å². The number of hydrogen-bond acceptors (Lipinski definition) is 4.